The fraction of sp³-hybridized carbons (Fsp3) is 0.159. The maximum absolute atomic E-state index is 6.78. The number of nitrogens with zero attached hydrogens (tertiary/aromatic N) is 4. The zero-order chi connectivity index (χ0) is 47.8. The van der Waals surface area contributed by atoms with E-state index in [0.717, 1.165) is 101 Å². The molecule has 1 radical (unpaired) electrons. The molecule has 0 unspecified atom stereocenters. The molecule has 0 saturated carbocycles. The van der Waals surface area contributed by atoms with E-state index in [4.69, 9.17) is 14.4 Å². The van der Waals surface area contributed by atoms with E-state index in [1.54, 1.807) is 0 Å². The maximum atomic E-state index is 6.78. The van der Waals surface area contributed by atoms with Crippen molar-refractivity contribution in [3.8, 4) is 61.8 Å². The summed E-state index contributed by atoms with van der Waals surface area (Å²) in [6.45, 7) is 18.1. The van der Waals surface area contributed by atoms with Gasteiger partial charge in [-0.3, -0.25) is 4.98 Å². The van der Waals surface area contributed by atoms with E-state index >= 15 is 0 Å². The van der Waals surface area contributed by atoms with Gasteiger partial charge in [0.1, 0.15) is 0 Å². The van der Waals surface area contributed by atoms with Crippen molar-refractivity contribution in [2.45, 2.75) is 60.7 Å². The predicted molar refractivity (Wildman–Crippen MR) is 291 cm³/mol. The number of benzene rings is 7. The minimum atomic E-state index is -1.34. The van der Waals surface area contributed by atoms with E-state index < -0.39 is 8.07 Å². The van der Waals surface area contributed by atoms with Crippen LogP contribution in [0.25, 0.3) is 94.9 Å². The Kier molecular flexibility index (Phi) is 13.8. The summed E-state index contributed by atoms with van der Waals surface area (Å²) in [4.78, 5) is 15.1. The van der Waals surface area contributed by atoms with Crippen molar-refractivity contribution in [3.63, 3.8) is 0 Å². The molecule has 11 aromatic rings. The molecule has 0 spiro atoms. The van der Waals surface area contributed by atoms with Gasteiger partial charge in [0.15, 0.2) is 0 Å². The summed E-state index contributed by atoms with van der Waals surface area (Å²) >= 11 is 0. The summed E-state index contributed by atoms with van der Waals surface area (Å²) in [5.41, 5.74) is 18.7. The fourth-order valence-electron chi connectivity index (χ4n) is 9.77. The summed E-state index contributed by atoms with van der Waals surface area (Å²) in [7, 11) is -1.34. The Morgan fingerprint density at radius 3 is 1.93 bits per heavy atom. The summed E-state index contributed by atoms with van der Waals surface area (Å²) in [5, 5.41) is 3.50. The van der Waals surface area contributed by atoms with Gasteiger partial charge in [-0.15, -0.1) is 53.6 Å². The normalized spacial score (nSPS) is 11.5. The first-order valence-electron chi connectivity index (χ1n) is 23.9. The molecule has 0 aliphatic heterocycles. The number of aryl methyl sites for hydroxylation is 3. The average Bonchev–Trinajstić information content (AvgIpc) is 3.94. The first-order valence-corrected chi connectivity index (χ1v) is 27.4. The Morgan fingerprint density at radius 2 is 1.29 bits per heavy atom. The molecule has 0 atom stereocenters. The third-order valence-electron chi connectivity index (χ3n) is 13.0. The molecule has 0 amide bonds. The van der Waals surface area contributed by atoms with Crippen LogP contribution in [-0.2, 0) is 26.5 Å². The molecule has 11 rings (SSSR count). The third kappa shape index (κ3) is 9.37. The van der Waals surface area contributed by atoms with E-state index in [2.05, 4.69) is 228 Å². The molecule has 7 heteroatoms. The Morgan fingerprint density at radius 1 is 0.643 bits per heavy atom. The van der Waals surface area contributed by atoms with Crippen LogP contribution in [0.5, 0.6) is 0 Å². The Labute approximate surface area is 426 Å². The molecule has 4 aromatic heterocycles. The number of aromatic nitrogens is 4. The molecule has 5 nitrogen and oxygen atoms in total. The van der Waals surface area contributed by atoms with Crippen molar-refractivity contribution in [2.24, 2.45) is 5.92 Å². The molecule has 4 heterocycles. The van der Waals surface area contributed by atoms with E-state index in [-0.39, 0.29) is 20.1 Å². The van der Waals surface area contributed by atoms with E-state index in [0.29, 0.717) is 11.6 Å². The quantitative estimate of drug-likeness (QED) is 0.107. The van der Waals surface area contributed by atoms with Gasteiger partial charge in [-0.2, -0.15) is 0 Å². The minimum absolute atomic E-state index is 0. The van der Waals surface area contributed by atoms with Crippen LogP contribution in [0.4, 0.5) is 0 Å². The largest absolute Gasteiger partial charge is 0.486 e. The van der Waals surface area contributed by atoms with Crippen LogP contribution in [0.1, 0.15) is 36.1 Å². The second kappa shape index (κ2) is 20.1. The average molecular weight is 1110 g/mol. The zero-order valence-electron chi connectivity index (χ0n) is 41.1. The van der Waals surface area contributed by atoms with Crippen LogP contribution < -0.4 is 5.19 Å². The van der Waals surface area contributed by atoms with Crippen molar-refractivity contribution >= 4 is 46.4 Å². The van der Waals surface area contributed by atoms with Gasteiger partial charge in [-0.25, -0.2) is 4.98 Å². The first kappa shape index (κ1) is 48.0. The van der Waals surface area contributed by atoms with Crippen LogP contribution in [0.3, 0.4) is 0 Å². The number of fused-ring (bicyclic) bond motifs is 4. The van der Waals surface area contributed by atoms with E-state index in [9.17, 15) is 0 Å². The monoisotopic (exact) mass is 1110 g/mol. The second-order valence-electron chi connectivity index (χ2n) is 19.5. The van der Waals surface area contributed by atoms with Gasteiger partial charge in [0, 0.05) is 48.4 Å². The Bertz CT molecular complexity index is 3550. The van der Waals surface area contributed by atoms with Crippen LogP contribution in [0.2, 0.25) is 19.6 Å². The van der Waals surface area contributed by atoms with Crippen molar-refractivity contribution in [1.82, 2.24) is 19.5 Å². The van der Waals surface area contributed by atoms with Gasteiger partial charge in [0.25, 0.3) is 0 Å². The zero-order valence-corrected chi connectivity index (χ0v) is 44.5. The van der Waals surface area contributed by atoms with Crippen molar-refractivity contribution in [3.05, 3.63) is 210 Å². The summed E-state index contributed by atoms with van der Waals surface area (Å²) in [6.07, 6.45) is 3.24. The third-order valence-corrected chi connectivity index (χ3v) is 15.0. The van der Waals surface area contributed by atoms with Crippen LogP contribution in [0.15, 0.2) is 180 Å². The molecule has 0 bridgehead atoms. The molecule has 7 aromatic carbocycles. The van der Waals surface area contributed by atoms with Crippen LogP contribution in [-0.4, -0.2) is 27.6 Å². The van der Waals surface area contributed by atoms with Gasteiger partial charge in [-0.05, 0) is 83.6 Å². The second-order valence-corrected chi connectivity index (χ2v) is 24.6. The Hall–Kier alpha value is -7.02. The van der Waals surface area contributed by atoms with Crippen molar-refractivity contribution in [2.75, 3.05) is 0 Å². The molecular formula is C63H56IrN4OSi-2. The molecule has 0 N–H and O–H groups in total. The molecular weight excluding hydrogens is 1050 g/mol. The summed E-state index contributed by atoms with van der Waals surface area (Å²) in [6, 6.07) is 65.9. The van der Waals surface area contributed by atoms with Crippen molar-refractivity contribution in [1.29, 1.82) is 0 Å². The van der Waals surface area contributed by atoms with Gasteiger partial charge in [0.2, 0.25) is 5.71 Å². The molecule has 0 saturated heterocycles. The van der Waals surface area contributed by atoms with E-state index in [1.807, 2.05) is 24.3 Å². The van der Waals surface area contributed by atoms with Gasteiger partial charge in [-0.1, -0.05) is 172 Å². The smallest absolute Gasteiger partial charge is 0.216 e. The number of hydrogen-bond donors (Lipinski definition) is 0. The minimum Gasteiger partial charge on any atom is -0.486 e. The summed E-state index contributed by atoms with van der Waals surface area (Å²) in [5.74, 6) is 1.43. The number of rotatable bonds is 9. The molecule has 0 fully saturated rings. The van der Waals surface area contributed by atoms with Gasteiger partial charge in [0.05, 0.1) is 41.9 Å². The van der Waals surface area contributed by atoms with Gasteiger partial charge >= 0.3 is 0 Å². The first-order chi connectivity index (χ1) is 33.4. The molecule has 70 heavy (non-hydrogen) atoms. The predicted octanol–water partition coefficient (Wildman–Crippen LogP) is 16.0. The van der Waals surface area contributed by atoms with Crippen LogP contribution in [0, 0.1) is 38.8 Å². The SMILES string of the molecule is CC(C)Cc1cc(-c2[c-]cccc2)ncc1[Si](C)(C)C.Cc1cccc(C)c1-c1ccc2c(n1)oc1c(-c3nc4ccccc4n3-c3c(-c4ccccc4)cccc3-c3ccccc3)[c-]cc(C)c12.[Ir]. The number of para-hydroxylation sites is 3. The number of furan rings is 1. The molecule has 0 aliphatic carbocycles. The fourth-order valence-corrected chi connectivity index (χ4v) is 11.4. The molecule has 349 valence electrons. The van der Waals surface area contributed by atoms with Crippen molar-refractivity contribution < 1.29 is 24.5 Å². The number of pyridine rings is 2. The Balaban J connectivity index is 0.000000244. The molecule has 0 aliphatic rings. The number of imidazole rings is 1. The standard InChI is InChI=1S/C45H32N3O.C18H24NSi.Ir/c1-28-14-12-15-29(2)40(28)38-27-26-35-41-30(3)24-25-36(43(41)49-45(35)47-38)44-46-37-22-10-11-23-39(37)48(44)42-33(31-16-6-4-7-17-31)20-13-21-34(42)32-18-8-5-9-19-32;1-14(2)11-16-12-17(15-9-7-6-8-10-15)19-13-18(16)20(3,4)5;/h4-24,26-27H,1-3H3;6-9,12-14H,11H2,1-5H3;/q2*-1;. The van der Waals surface area contributed by atoms with Crippen LogP contribution >= 0.6 is 0 Å². The number of hydrogen-bond acceptors (Lipinski definition) is 4. The van der Waals surface area contributed by atoms with E-state index in [1.165, 1.54) is 21.9 Å². The maximum Gasteiger partial charge on any atom is 0.216 e. The summed E-state index contributed by atoms with van der Waals surface area (Å²) < 4.78 is 9.08. The van der Waals surface area contributed by atoms with Gasteiger partial charge < -0.3 is 14.0 Å². The topological polar surface area (TPSA) is 56.7 Å².